The van der Waals surface area contributed by atoms with E-state index in [0.29, 0.717) is 24.9 Å². The van der Waals surface area contributed by atoms with E-state index in [2.05, 4.69) is 10.6 Å². The van der Waals surface area contributed by atoms with Crippen LogP contribution in [0.5, 0.6) is 0 Å². The van der Waals surface area contributed by atoms with Crippen LogP contribution >= 0.6 is 0 Å². The average molecular weight is 433 g/mol. The van der Waals surface area contributed by atoms with E-state index in [4.69, 9.17) is 0 Å². The van der Waals surface area contributed by atoms with Crippen LogP contribution in [0.25, 0.3) is 0 Å². The topological polar surface area (TPSA) is 78.5 Å². The lowest BCUT2D eigenvalue weighted by Gasteiger charge is -2.33. The fourth-order valence-electron chi connectivity index (χ4n) is 3.55. The summed E-state index contributed by atoms with van der Waals surface area (Å²) in [5.41, 5.74) is 0.411. The number of amides is 3. The normalized spacial score (nSPS) is 17.0. The van der Waals surface area contributed by atoms with Gasteiger partial charge in [0, 0.05) is 25.7 Å². The number of likely N-dealkylation sites (tertiary alicyclic amines) is 1. The van der Waals surface area contributed by atoms with Gasteiger partial charge in [-0.25, -0.2) is 13.2 Å². The van der Waals surface area contributed by atoms with Crippen molar-refractivity contribution in [3.05, 3.63) is 71.0 Å². The third kappa shape index (κ3) is 5.22. The second-order valence-electron chi connectivity index (χ2n) is 7.33. The molecule has 0 aliphatic carbocycles. The predicted molar refractivity (Wildman–Crippen MR) is 106 cm³/mol. The van der Waals surface area contributed by atoms with Gasteiger partial charge in [0.25, 0.3) is 5.91 Å². The highest BCUT2D eigenvalue weighted by Gasteiger charge is 2.32. The number of halogens is 3. The third-order valence-electron chi connectivity index (χ3n) is 5.24. The maximum atomic E-state index is 13.6. The van der Waals surface area contributed by atoms with Crippen LogP contribution in [0, 0.1) is 23.4 Å². The van der Waals surface area contributed by atoms with Crippen LogP contribution in [0.4, 0.5) is 13.2 Å². The molecule has 1 fully saturated rings. The van der Waals surface area contributed by atoms with E-state index >= 15 is 0 Å². The molecule has 0 radical (unpaired) electrons. The van der Waals surface area contributed by atoms with Crippen molar-refractivity contribution in [3.63, 3.8) is 0 Å². The van der Waals surface area contributed by atoms with Gasteiger partial charge in [0.2, 0.25) is 11.8 Å². The van der Waals surface area contributed by atoms with E-state index in [9.17, 15) is 27.6 Å². The highest BCUT2D eigenvalue weighted by atomic mass is 19.2. The van der Waals surface area contributed by atoms with E-state index in [1.54, 1.807) is 0 Å². The molecule has 31 heavy (non-hydrogen) atoms. The van der Waals surface area contributed by atoms with Gasteiger partial charge in [-0.15, -0.1) is 0 Å². The number of nitrogens with one attached hydrogen (secondary N) is 2. The van der Waals surface area contributed by atoms with Crippen LogP contribution in [-0.2, 0) is 9.59 Å². The first-order valence-electron chi connectivity index (χ1n) is 9.82. The van der Waals surface area contributed by atoms with Crippen molar-refractivity contribution in [2.75, 3.05) is 20.1 Å². The number of carbonyl (C=O) groups excluding carboxylic acids is 3. The molecule has 1 saturated heterocycles. The fourth-order valence-corrected chi connectivity index (χ4v) is 3.55. The SMILES string of the molecule is CNC(=O)C(NC(=O)C1CCCN(C(=O)c2ccc(F)cc2)C1)c1ccc(F)c(F)c1. The van der Waals surface area contributed by atoms with E-state index in [0.717, 1.165) is 12.1 Å². The van der Waals surface area contributed by atoms with Crippen LogP contribution in [0.1, 0.15) is 34.8 Å². The molecule has 2 unspecified atom stereocenters. The van der Waals surface area contributed by atoms with Gasteiger partial charge in [0.05, 0.1) is 5.92 Å². The summed E-state index contributed by atoms with van der Waals surface area (Å²) in [6.45, 7) is 0.572. The Labute approximate surface area is 177 Å². The highest BCUT2D eigenvalue weighted by Crippen LogP contribution is 2.22. The molecule has 2 aromatic carbocycles. The second-order valence-corrected chi connectivity index (χ2v) is 7.33. The summed E-state index contributed by atoms with van der Waals surface area (Å²) >= 11 is 0. The highest BCUT2D eigenvalue weighted by molar-refractivity contribution is 5.95. The number of piperidine rings is 1. The van der Waals surface area contributed by atoms with Gasteiger partial charge in [-0.1, -0.05) is 6.07 Å². The average Bonchev–Trinajstić information content (AvgIpc) is 2.79. The van der Waals surface area contributed by atoms with Crippen molar-refractivity contribution >= 4 is 17.7 Å². The Bertz CT molecular complexity index is 982. The molecule has 0 spiro atoms. The Hall–Kier alpha value is -3.36. The minimum absolute atomic E-state index is 0.0988. The molecular formula is C22H22F3N3O3. The second kappa shape index (κ2) is 9.63. The largest absolute Gasteiger partial charge is 0.357 e. The minimum atomic E-state index is -1.21. The summed E-state index contributed by atoms with van der Waals surface area (Å²) < 4.78 is 40.0. The molecule has 2 aromatic rings. The zero-order valence-electron chi connectivity index (χ0n) is 16.8. The van der Waals surface area contributed by atoms with Crippen LogP contribution in [0.15, 0.2) is 42.5 Å². The lowest BCUT2D eigenvalue weighted by Crippen LogP contribution is -2.48. The monoisotopic (exact) mass is 433 g/mol. The Kier molecular flexibility index (Phi) is 6.94. The minimum Gasteiger partial charge on any atom is -0.357 e. The molecule has 0 bridgehead atoms. The Morgan fingerprint density at radius 1 is 1.03 bits per heavy atom. The van der Waals surface area contributed by atoms with Crippen molar-refractivity contribution in [3.8, 4) is 0 Å². The maximum absolute atomic E-state index is 13.6. The van der Waals surface area contributed by atoms with Gasteiger partial charge in [-0.3, -0.25) is 14.4 Å². The standard InChI is InChI=1S/C22H22F3N3O3/c1-26-21(30)19(14-6-9-17(24)18(25)11-14)27-20(29)15-3-2-10-28(12-15)22(31)13-4-7-16(23)8-5-13/h4-9,11,15,19H,2-3,10,12H2,1H3,(H,26,30)(H,27,29). The molecule has 1 aliphatic rings. The first-order chi connectivity index (χ1) is 14.8. The van der Waals surface area contributed by atoms with Gasteiger partial charge in [-0.05, 0) is 54.8 Å². The van der Waals surface area contributed by atoms with Crippen molar-refractivity contribution in [1.82, 2.24) is 15.5 Å². The van der Waals surface area contributed by atoms with Gasteiger partial charge >= 0.3 is 0 Å². The first-order valence-corrected chi connectivity index (χ1v) is 9.82. The van der Waals surface area contributed by atoms with Crippen molar-refractivity contribution in [1.29, 1.82) is 0 Å². The number of carbonyl (C=O) groups is 3. The van der Waals surface area contributed by atoms with E-state index in [1.165, 1.54) is 42.3 Å². The number of likely N-dealkylation sites (N-methyl/N-ethyl adjacent to an activating group) is 1. The lowest BCUT2D eigenvalue weighted by molar-refractivity contribution is -0.132. The van der Waals surface area contributed by atoms with Crippen molar-refractivity contribution in [2.24, 2.45) is 5.92 Å². The number of hydrogen-bond acceptors (Lipinski definition) is 3. The molecule has 1 aliphatic heterocycles. The molecule has 164 valence electrons. The number of hydrogen-bond donors (Lipinski definition) is 2. The molecular weight excluding hydrogens is 411 g/mol. The number of benzene rings is 2. The van der Waals surface area contributed by atoms with Crippen LogP contribution in [0.2, 0.25) is 0 Å². The zero-order chi connectivity index (χ0) is 22.5. The Morgan fingerprint density at radius 3 is 2.39 bits per heavy atom. The first kappa shape index (κ1) is 22.3. The molecule has 3 rings (SSSR count). The van der Waals surface area contributed by atoms with Crippen LogP contribution < -0.4 is 10.6 Å². The van der Waals surface area contributed by atoms with Gasteiger partial charge in [0.1, 0.15) is 11.9 Å². The summed E-state index contributed by atoms with van der Waals surface area (Å²) in [4.78, 5) is 39.3. The zero-order valence-corrected chi connectivity index (χ0v) is 16.8. The van der Waals surface area contributed by atoms with Gasteiger partial charge < -0.3 is 15.5 Å². The summed E-state index contributed by atoms with van der Waals surface area (Å²) in [7, 11) is 1.37. The van der Waals surface area contributed by atoms with Gasteiger partial charge in [0.15, 0.2) is 11.6 Å². The van der Waals surface area contributed by atoms with E-state index in [-0.39, 0.29) is 18.0 Å². The summed E-state index contributed by atoms with van der Waals surface area (Å²) in [6, 6.07) is 6.91. The fraction of sp³-hybridized carbons (Fsp3) is 0.318. The molecule has 0 saturated carbocycles. The molecule has 2 atom stereocenters. The molecule has 3 amide bonds. The molecule has 1 heterocycles. The third-order valence-corrected chi connectivity index (χ3v) is 5.24. The molecule has 2 N–H and O–H groups in total. The number of rotatable bonds is 5. The Morgan fingerprint density at radius 2 is 1.74 bits per heavy atom. The molecule has 0 aromatic heterocycles. The van der Waals surface area contributed by atoms with Crippen molar-refractivity contribution in [2.45, 2.75) is 18.9 Å². The Balaban J connectivity index is 1.72. The maximum Gasteiger partial charge on any atom is 0.253 e. The van der Waals surface area contributed by atoms with Gasteiger partial charge in [-0.2, -0.15) is 0 Å². The van der Waals surface area contributed by atoms with Crippen LogP contribution in [-0.4, -0.2) is 42.8 Å². The lowest BCUT2D eigenvalue weighted by atomic mass is 9.95. The van der Waals surface area contributed by atoms with Crippen LogP contribution in [0.3, 0.4) is 0 Å². The quantitative estimate of drug-likeness (QED) is 0.761. The predicted octanol–water partition coefficient (Wildman–Crippen LogP) is 2.56. The molecule has 9 heteroatoms. The van der Waals surface area contributed by atoms with E-state index < -0.39 is 41.2 Å². The van der Waals surface area contributed by atoms with Crippen molar-refractivity contribution < 1.29 is 27.6 Å². The summed E-state index contributed by atoms with van der Waals surface area (Å²) in [5, 5.41) is 4.97. The molecule has 6 nitrogen and oxygen atoms in total. The summed E-state index contributed by atoms with van der Waals surface area (Å²) in [6.07, 6.45) is 1.07. The summed E-state index contributed by atoms with van der Waals surface area (Å²) in [5.74, 6) is -4.62. The smallest absolute Gasteiger partial charge is 0.253 e. The van der Waals surface area contributed by atoms with E-state index in [1.807, 2.05) is 0 Å². The number of nitrogens with zero attached hydrogens (tertiary/aromatic N) is 1.